The third kappa shape index (κ3) is 3.57. The molecule has 1 unspecified atom stereocenters. The van der Waals surface area contributed by atoms with Gasteiger partial charge >= 0.3 is 6.01 Å². The van der Waals surface area contributed by atoms with Crippen LogP contribution in [-0.2, 0) is 4.79 Å². The number of amides is 1. The van der Waals surface area contributed by atoms with E-state index >= 15 is 0 Å². The van der Waals surface area contributed by atoms with Crippen LogP contribution in [0.1, 0.15) is 29.0 Å². The highest BCUT2D eigenvalue weighted by Gasteiger charge is 2.33. The number of likely N-dealkylation sites (N-methyl/N-ethyl adjacent to an activating group) is 1. The lowest BCUT2D eigenvalue weighted by Crippen LogP contribution is -2.40. The summed E-state index contributed by atoms with van der Waals surface area (Å²) in [5.41, 5.74) is 2.90. The summed E-state index contributed by atoms with van der Waals surface area (Å²) in [5.74, 6) is -0.629. The molecule has 1 N–H and O–H groups in total. The Balaban J connectivity index is 1.42. The molecule has 1 aliphatic heterocycles. The molecule has 1 aliphatic rings. The zero-order valence-electron chi connectivity index (χ0n) is 16.7. The maximum absolute atomic E-state index is 12.9. The molecule has 1 atom stereocenters. The number of fused-ring (bicyclic) bond motifs is 1. The molecule has 3 heterocycles. The van der Waals surface area contributed by atoms with Crippen LogP contribution < -0.4 is 10.2 Å². The highest BCUT2D eigenvalue weighted by Crippen LogP contribution is 2.29. The lowest BCUT2D eigenvalue weighted by molar-refractivity contribution is -0.120. The maximum atomic E-state index is 12.9. The molecule has 8 nitrogen and oxygen atoms in total. The highest BCUT2D eigenvalue weighted by molar-refractivity contribution is 7.20. The zero-order chi connectivity index (χ0) is 21.4. The van der Waals surface area contributed by atoms with E-state index in [1.165, 1.54) is 11.3 Å². The van der Waals surface area contributed by atoms with Crippen molar-refractivity contribution in [2.45, 2.75) is 19.4 Å². The van der Waals surface area contributed by atoms with Crippen LogP contribution in [0, 0.1) is 0 Å². The Hall–Kier alpha value is -3.59. The van der Waals surface area contributed by atoms with Crippen LogP contribution in [0.4, 0.5) is 6.01 Å². The minimum Gasteiger partial charge on any atom is -0.400 e. The predicted molar refractivity (Wildman–Crippen MR) is 117 cm³/mol. The number of thiazole rings is 1. The molecular weight excluding hydrogens is 414 g/mol. The van der Waals surface area contributed by atoms with Crippen molar-refractivity contribution in [1.29, 1.82) is 0 Å². The molecule has 0 saturated carbocycles. The van der Waals surface area contributed by atoms with Crippen molar-refractivity contribution in [2.75, 3.05) is 18.0 Å². The maximum Gasteiger partial charge on any atom is 0.319 e. The van der Waals surface area contributed by atoms with Gasteiger partial charge in [0.15, 0.2) is 5.01 Å². The second kappa shape index (κ2) is 7.92. The van der Waals surface area contributed by atoms with E-state index in [1.54, 1.807) is 4.90 Å². The molecule has 0 spiro atoms. The monoisotopic (exact) mass is 433 g/mol. The van der Waals surface area contributed by atoms with Crippen LogP contribution in [-0.4, -0.2) is 46.0 Å². The number of aromatic nitrogens is 3. The second-order valence-electron chi connectivity index (χ2n) is 7.17. The SMILES string of the molecule is CCN(c1nnc(C(=O)c2nc3ccc(-c4ccccc4)cc3s2)o1)C1CCNC1=O. The van der Waals surface area contributed by atoms with Crippen molar-refractivity contribution in [3.05, 3.63) is 59.4 Å². The van der Waals surface area contributed by atoms with Crippen molar-refractivity contribution < 1.29 is 14.0 Å². The van der Waals surface area contributed by atoms with Gasteiger partial charge in [0.25, 0.3) is 11.7 Å². The lowest BCUT2D eigenvalue weighted by Gasteiger charge is -2.22. The number of nitrogens with one attached hydrogen (secondary N) is 1. The summed E-state index contributed by atoms with van der Waals surface area (Å²) < 4.78 is 6.55. The number of anilines is 1. The third-order valence-electron chi connectivity index (χ3n) is 5.28. The van der Waals surface area contributed by atoms with Crippen LogP contribution >= 0.6 is 11.3 Å². The molecular formula is C22H19N5O3S. The van der Waals surface area contributed by atoms with Gasteiger partial charge < -0.3 is 14.6 Å². The van der Waals surface area contributed by atoms with Crippen molar-refractivity contribution >= 4 is 39.3 Å². The van der Waals surface area contributed by atoms with E-state index in [9.17, 15) is 9.59 Å². The predicted octanol–water partition coefficient (Wildman–Crippen LogP) is 3.29. The van der Waals surface area contributed by atoms with Crippen LogP contribution in [0.2, 0.25) is 0 Å². The fourth-order valence-electron chi connectivity index (χ4n) is 3.71. The van der Waals surface area contributed by atoms with Gasteiger partial charge in [-0.15, -0.1) is 16.4 Å². The van der Waals surface area contributed by atoms with Gasteiger partial charge in [0.05, 0.1) is 10.2 Å². The Bertz CT molecular complexity index is 1270. The fourth-order valence-corrected chi connectivity index (χ4v) is 4.65. The van der Waals surface area contributed by atoms with E-state index in [4.69, 9.17) is 4.42 Å². The van der Waals surface area contributed by atoms with Crippen LogP contribution in [0.5, 0.6) is 0 Å². The van der Waals surface area contributed by atoms with E-state index in [-0.39, 0.29) is 28.9 Å². The second-order valence-corrected chi connectivity index (χ2v) is 8.20. The Morgan fingerprint density at radius 1 is 1.19 bits per heavy atom. The molecule has 4 aromatic rings. The normalized spacial score (nSPS) is 15.9. The Morgan fingerprint density at radius 2 is 2.03 bits per heavy atom. The summed E-state index contributed by atoms with van der Waals surface area (Å²) in [6.07, 6.45) is 0.653. The fraction of sp³-hybridized carbons (Fsp3) is 0.227. The van der Waals surface area contributed by atoms with Gasteiger partial charge in [-0.3, -0.25) is 9.59 Å². The van der Waals surface area contributed by atoms with Gasteiger partial charge in [0.2, 0.25) is 5.91 Å². The minimum atomic E-state index is -0.423. The van der Waals surface area contributed by atoms with E-state index in [0.29, 0.717) is 19.5 Å². The standard InChI is InChI=1S/C22H19N5O3S/c1-2-27(16-10-11-23-19(16)29)22-26-25-20(30-22)18(28)21-24-15-9-8-14(12-17(15)31-21)13-6-4-3-5-7-13/h3-9,12,16H,2,10-11H2,1H3,(H,23,29). The molecule has 1 saturated heterocycles. The molecule has 2 aromatic carbocycles. The van der Waals surface area contributed by atoms with E-state index in [0.717, 1.165) is 21.3 Å². The molecule has 5 rings (SSSR count). The van der Waals surface area contributed by atoms with Crippen LogP contribution in [0.15, 0.2) is 52.9 Å². The Labute approximate surface area is 181 Å². The van der Waals surface area contributed by atoms with E-state index < -0.39 is 5.78 Å². The first-order valence-electron chi connectivity index (χ1n) is 10.0. The number of hydrogen-bond acceptors (Lipinski definition) is 8. The summed E-state index contributed by atoms with van der Waals surface area (Å²) >= 11 is 1.29. The van der Waals surface area contributed by atoms with Crippen LogP contribution in [0.3, 0.4) is 0 Å². The third-order valence-corrected chi connectivity index (χ3v) is 6.30. The number of carbonyl (C=O) groups is 2. The Morgan fingerprint density at radius 3 is 2.77 bits per heavy atom. The first-order chi connectivity index (χ1) is 15.1. The van der Waals surface area contributed by atoms with Crippen molar-refractivity contribution in [3.8, 4) is 11.1 Å². The van der Waals surface area contributed by atoms with E-state index in [1.807, 2.05) is 55.5 Å². The summed E-state index contributed by atoms with van der Waals surface area (Å²) in [7, 11) is 0. The zero-order valence-corrected chi connectivity index (χ0v) is 17.6. The van der Waals surface area contributed by atoms with Gasteiger partial charge in [0, 0.05) is 13.1 Å². The summed E-state index contributed by atoms with van der Waals surface area (Å²) in [6.45, 7) is 3.02. The first-order valence-corrected chi connectivity index (χ1v) is 10.8. The molecule has 31 heavy (non-hydrogen) atoms. The van der Waals surface area contributed by atoms with E-state index in [2.05, 4.69) is 20.5 Å². The van der Waals surface area contributed by atoms with Gasteiger partial charge in [-0.25, -0.2) is 4.98 Å². The number of ketones is 1. The van der Waals surface area contributed by atoms with Gasteiger partial charge in [0.1, 0.15) is 6.04 Å². The Kier molecular flexibility index (Phi) is 4.95. The average molecular weight is 433 g/mol. The van der Waals surface area contributed by atoms with Gasteiger partial charge in [-0.1, -0.05) is 41.5 Å². The quantitative estimate of drug-likeness (QED) is 0.466. The number of benzene rings is 2. The summed E-state index contributed by atoms with van der Waals surface area (Å²) in [4.78, 5) is 31.1. The smallest absolute Gasteiger partial charge is 0.319 e. The number of hydrogen-bond donors (Lipinski definition) is 1. The van der Waals surface area contributed by atoms with Crippen molar-refractivity contribution in [2.24, 2.45) is 0 Å². The average Bonchev–Trinajstić information content (AvgIpc) is 3.54. The topological polar surface area (TPSA) is 101 Å². The molecule has 0 bridgehead atoms. The summed E-state index contributed by atoms with van der Waals surface area (Å²) in [6, 6.07) is 15.7. The molecule has 2 aromatic heterocycles. The number of nitrogens with zero attached hydrogens (tertiary/aromatic N) is 4. The lowest BCUT2D eigenvalue weighted by atomic mass is 10.1. The molecule has 0 radical (unpaired) electrons. The molecule has 1 fully saturated rings. The van der Waals surface area contributed by atoms with Crippen LogP contribution in [0.25, 0.3) is 21.3 Å². The van der Waals surface area contributed by atoms with Gasteiger partial charge in [-0.2, -0.15) is 0 Å². The minimum absolute atomic E-state index is 0.0756. The molecule has 9 heteroatoms. The summed E-state index contributed by atoms with van der Waals surface area (Å²) in [5, 5.41) is 11.0. The first kappa shape index (κ1) is 19.4. The van der Waals surface area contributed by atoms with Crippen molar-refractivity contribution in [3.63, 3.8) is 0 Å². The van der Waals surface area contributed by atoms with Gasteiger partial charge in [-0.05, 0) is 36.6 Å². The number of carbonyl (C=O) groups excluding carboxylic acids is 2. The molecule has 1 amide bonds. The number of rotatable bonds is 6. The highest BCUT2D eigenvalue weighted by atomic mass is 32.1. The van der Waals surface area contributed by atoms with Crippen molar-refractivity contribution in [1.82, 2.24) is 20.5 Å². The largest absolute Gasteiger partial charge is 0.400 e. The molecule has 156 valence electrons. The molecule has 0 aliphatic carbocycles.